The van der Waals surface area contributed by atoms with Gasteiger partial charge in [-0.05, 0) is 25.0 Å². The van der Waals surface area contributed by atoms with Gasteiger partial charge in [0.15, 0.2) is 0 Å². The van der Waals surface area contributed by atoms with Crippen molar-refractivity contribution in [1.29, 1.82) is 0 Å². The molecule has 0 saturated carbocycles. The minimum atomic E-state index is -4.44. The fraction of sp³-hybridized carbons (Fsp3) is 0.500. The maximum atomic E-state index is 13.2. The van der Waals surface area contributed by atoms with Crippen molar-refractivity contribution < 1.29 is 18.0 Å². The van der Waals surface area contributed by atoms with Crippen molar-refractivity contribution >= 4 is 23.1 Å². The molecular weight excluding hydrogens is 291 g/mol. The maximum absolute atomic E-state index is 13.2. The molecule has 1 aromatic carbocycles. The Labute approximate surface area is 119 Å². The first kappa shape index (κ1) is 13.7. The van der Waals surface area contributed by atoms with Gasteiger partial charge in [0.25, 0.3) is 0 Å². The van der Waals surface area contributed by atoms with E-state index < -0.39 is 11.7 Å². The first-order valence-electron chi connectivity index (χ1n) is 6.53. The second kappa shape index (κ2) is 4.65. The van der Waals surface area contributed by atoms with Gasteiger partial charge in [-0.1, -0.05) is 17.7 Å². The summed E-state index contributed by atoms with van der Waals surface area (Å²) in [6.45, 7) is 0. The van der Waals surface area contributed by atoms with E-state index >= 15 is 0 Å². The summed E-state index contributed by atoms with van der Waals surface area (Å²) in [7, 11) is 0. The van der Waals surface area contributed by atoms with Crippen LogP contribution in [0.25, 0.3) is 0 Å². The van der Waals surface area contributed by atoms with E-state index in [-0.39, 0.29) is 28.6 Å². The lowest BCUT2D eigenvalue weighted by molar-refractivity contribution is -0.137. The van der Waals surface area contributed by atoms with E-state index in [0.29, 0.717) is 12.8 Å². The zero-order valence-electron chi connectivity index (χ0n) is 10.6. The summed E-state index contributed by atoms with van der Waals surface area (Å²) in [5.41, 5.74) is -0.669. The van der Waals surface area contributed by atoms with Gasteiger partial charge in [0.2, 0.25) is 0 Å². The zero-order valence-corrected chi connectivity index (χ0v) is 11.3. The summed E-state index contributed by atoms with van der Waals surface area (Å²) in [4.78, 5) is 13.3. The van der Waals surface area contributed by atoms with Crippen molar-refractivity contribution in [2.45, 2.75) is 43.9 Å². The average Bonchev–Trinajstić information content (AvgIpc) is 2.60. The molecule has 2 nitrogen and oxygen atoms in total. The van der Waals surface area contributed by atoms with E-state index in [4.69, 9.17) is 11.6 Å². The highest BCUT2D eigenvalue weighted by Crippen LogP contribution is 2.46. The van der Waals surface area contributed by atoms with Crippen LogP contribution in [-0.4, -0.2) is 17.9 Å². The molecule has 2 saturated heterocycles. The van der Waals surface area contributed by atoms with Crippen LogP contribution >= 0.6 is 11.6 Å². The Bertz CT molecular complexity index is 542. The van der Waals surface area contributed by atoms with Gasteiger partial charge in [-0.25, -0.2) is 0 Å². The minimum Gasteiger partial charge on any atom is -0.363 e. The lowest BCUT2D eigenvalue weighted by Gasteiger charge is -2.38. The molecule has 2 fully saturated rings. The summed E-state index contributed by atoms with van der Waals surface area (Å²) in [6, 6.07) is 3.54. The number of nitrogens with zero attached hydrogens (tertiary/aromatic N) is 1. The molecule has 0 aromatic heterocycles. The smallest absolute Gasteiger partial charge is 0.363 e. The van der Waals surface area contributed by atoms with Crippen LogP contribution in [0.15, 0.2) is 18.2 Å². The van der Waals surface area contributed by atoms with Gasteiger partial charge < -0.3 is 4.90 Å². The van der Waals surface area contributed by atoms with E-state index in [0.717, 1.165) is 18.9 Å². The minimum absolute atomic E-state index is 0.0432. The number of hydrogen-bond acceptors (Lipinski definition) is 2. The van der Waals surface area contributed by atoms with Crippen LogP contribution in [0.1, 0.15) is 31.2 Å². The maximum Gasteiger partial charge on any atom is 0.418 e. The third-order valence-electron chi connectivity index (χ3n) is 4.10. The van der Waals surface area contributed by atoms with Crippen molar-refractivity contribution in [1.82, 2.24) is 0 Å². The van der Waals surface area contributed by atoms with Crippen molar-refractivity contribution in [3.05, 3.63) is 28.8 Å². The number of benzene rings is 1. The lowest BCUT2D eigenvalue weighted by atomic mass is 9.99. The third kappa shape index (κ3) is 2.18. The SMILES string of the molecule is O=C1CC2CCC(C1)N2c1c(Cl)cccc1C(F)(F)F. The Morgan fingerprint density at radius 1 is 1.15 bits per heavy atom. The molecule has 0 amide bonds. The number of ketones is 1. The fourth-order valence-electron chi connectivity index (χ4n) is 3.34. The van der Waals surface area contributed by atoms with E-state index in [1.54, 1.807) is 4.90 Å². The number of alkyl halides is 3. The summed E-state index contributed by atoms with van der Waals surface area (Å²) >= 11 is 6.04. The molecule has 2 aliphatic heterocycles. The predicted octanol–water partition coefficient (Wildman–Crippen LogP) is 4.06. The summed E-state index contributed by atoms with van der Waals surface area (Å²) in [6.07, 6.45) is -2.31. The van der Waals surface area contributed by atoms with Crippen LogP contribution in [-0.2, 0) is 11.0 Å². The van der Waals surface area contributed by atoms with Gasteiger partial charge in [-0.15, -0.1) is 0 Å². The molecule has 6 heteroatoms. The number of rotatable bonds is 1. The van der Waals surface area contributed by atoms with E-state index in [1.807, 2.05) is 0 Å². The Hall–Kier alpha value is -1.23. The number of piperidine rings is 1. The van der Waals surface area contributed by atoms with E-state index in [1.165, 1.54) is 12.1 Å². The van der Waals surface area contributed by atoms with Gasteiger partial charge in [-0.3, -0.25) is 4.79 Å². The number of halogens is 4. The van der Waals surface area contributed by atoms with Crippen LogP contribution in [0.3, 0.4) is 0 Å². The molecule has 108 valence electrons. The highest BCUT2D eigenvalue weighted by molar-refractivity contribution is 6.33. The monoisotopic (exact) mass is 303 g/mol. The molecule has 0 spiro atoms. The van der Waals surface area contributed by atoms with Crippen molar-refractivity contribution in [2.24, 2.45) is 0 Å². The van der Waals surface area contributed by atoms with Crippen molar-refractivity contribution in [3.63, 3.8) is 0 Å². The number of fused-ring (bicyclic) bond motifs is 2. The Balaban J connectivity index is 2.09. The number of para-hydroxylation sites is 1. The normalized spacial score (nSPS) is 26.2. The molecule has 20 heavy (non-hydrogen) atoms. The van der Waals surface area contributed by atoms with Crippen LogP contribution in [0, 0.1) is 0 Å². The molecule has 2 atom stereocenters. The Morgan fingerprint density at radius 3 is 2.30 bits per heavy atom. The zero-order chi connectivity index (χ0) is 14.5. The highest BCUT2D eigenvalue weighted by Gasteiger charge is 2.45. The van der Waals surface area contributed by atoms with E-state index in [9.17, 15) is 18.0 Å². The first-order valence-corrected chi connectivity index (χ1v) is 6.91. The largest absolute Gasteiger partial charge is 0.418 e. The highest BCUT2D eigenvalue weighted by atomic mass is 35.5. The van der Waals surface area contributed by atoms with Crippen LogP contribution in [0.5, 0.6) is 0 Å². The van der Waals surface area contributed by atoms with Crippen molar-refractivity contribution in [3.8, 4) is 0 Å². The number of carbonyl (C=O) groups is 1. The number of hydrogen-bond donors (Lipinski definition) is 0. The summed E-state index contributed by atoms with van der Waals surface area (Å²) in [5, 5.41) is 0.103. The Morgan fingerprint density at radius 2 is 1.75 bits per heavy atom. The number of anilines is 1. The molecule has 0 N–H and O–H groups in total. The molecule has 1 aromatic rings. The van der Waals surface area contributed by atoms with Crippen LogP contribution in [0.4, 0.5) is 18.9 Å². The molecule has 0 radical (unpaired) electrons. The van der Waals surface area contributed by atoms with E-state index in [2.05, 4.69) is 0 Å². The number of Topliss-reactive ketones (excluding diaryl/α,β-unsaturated/α-hetero) is 1. The van der Waals surface area contributed by atoms with Crippen LogP contribution < -0.4 is 4.90 Å². The predicted molar refractivity (Wildman–Crippen MR) is 70.0 cm³/mol. The van der Waals surface area contributed by atoms with Gasteiger partial charge in [0, 0.05) is 24.9 Å². The molecule has 0 aliphatic carbocycles. The molecule has 2 bridgehead atoms. The average molecular weight is 304 g/mol. The Kier molecular flexibility index (Phi) is 3.20. The second-order valence-corrected chi connectivity index (χ2v) is 5.78. The topological polar surface area (TPSA) is 20.3 Å². The first-order chi connectivity index (χ1) is 9.38. The van der Waals surface area contributed by atoms with Gasteiger partial charge in [-0.2, -0.15) is 13.2 Å². The van der Waals surface area contributed by atoms with Gasteiger partial charge in [0.05, 0.1) is 16.3 Å². The quantitative estimate of drug-likeness (QED) is 0.780. The fourth-order valence-corrected chi connectivity index (χ4v) is 3.61. The molecule has 3 rings (SSSR count). The summed E-state index contributed by atoms with van der Waals surface area (Å²) < 4.78 is 39.5. The second-order valence-electron chi connectivity index (χ2n) is 5.37. The molecule has 2 aliphatic rings. The molecule has 2 unspecified atom stereocenters. The molecular formula is C14H13ClF3NO. The lowest BCUT2D eigenvalue weighted by Crippen LogP contribution is -2.44. The number of carbonyl (C=O) groups excluding carboxylic acids is 1. The summed E-state index contributed by atoms with van der Waals surface area (Å²) in [5.74, 6) is 0.134. The van der Waals surface area contributed by atoms with Crippen LogP contribution in [0.2, 0.25) is 5.02 Å². The van der Waals surface area contributed by atoms with Gasteiger partial charge in [0.1, 0.15) is 5.78 Å². The van der Waals surface area contributed by atoms with Crippen molar-refractivity contribution in [2.75, 3.05) is 4.90 Å². The standard InChI is InChI=1S/C14H13ClF3NO/c15-12-3-1-2-11(14(16,17)18)13(12)19-8-4-5-9(19)7-10(20)6-8/h1-3,8-9H,4-7H2. The van der Waals surface area contributed by atoms with Gasteiger partial charge >= 0.3 is 6.18 Å². The molecule has 2 heterocycles. The third-order valence-corrected chi connectivity index (χ3v) is 4.40.